The Kier molecular flexibility index (Phi) is 5.01. The van der Waals surface area contributed by atoms with Crippen molar-refractivity contribution in [2.24, 2.45) is 0 Å². The maximum atomic E-state index is 12.4. The third-order valence-electron chi connectivity index (χ3n) is 3.04. The summed E-state index contributed by atoms with van der Waals surface area (Å²) in [7, 11) is 0. The van der Waals surface area contributed by atoms with E-state index >= 15 is 0 Å². The zero-order valence-corrected chi connectivity index (χ0v) is 11.4. The van der Waals surface area contributed by atoms with E-state index in [1.54, 1.807) is 12.4 Å². The van der Waals surface area contributed by atoms with Gasteiger partial charge >= 0.3 is 0 Å². The highest BCUT2D eigenvalue weighted by Gasteiger charge is 2.25. The predicted octanol–water partition coefficient (Wildman–Crippen LogP) is 1.14. The van der Waals surface area contributed by atoms with Crippen LogP contribution < -0.4 is 5.32 Å². The first-order valence-corrected chi connectivity index (χ1v) is 7.45. The van der Waals surface area contributed by atoms with Gasteiger partial charge in [-0.3, -0.25) is 9.78 Å². The molecule has 1 atom stereocenters. The minimum Gasteiger partial charge on any atom is -0.337 e. The molecule has 0 bridgehead atoms. The summed E-state index contributed by atoms with van der Waals surface area (Å²) in [5.41, 5.74) is 1.13. The van der Waals surface area contributed by atoms with Crippen LogP contribution in [-0.2, 0) is 11.3 Å². The van der Waals surface area contributed by atoms with Crippen LogP contribution in [0.15, 0.2) is 24.5 Å². The second-order valence-corrected chi connectivity index (χ2v) is 5.44. The molecule has 1 N–H and O–H groups in total. The number of rotatable bonds is 4. The number of amides is 1. The molecule has 4 nitrogen and oxygen atoms in total. The second-order valence-electron chi connectivity index (χ2n) is 4.29. The SMILES string of the molecule is CCN(Cc1ccncc1)C(=O)C1CSCCN1. The van der Waals surface area contributed by atoms with Crippen LogP contribution in [0.2, 0.25) is 0 Å². The molecule has 0 aliphatic carbocycles. The average molecular weight is 265 g/mol. The first-order chi connectivity index (χ1) is 8.81. The molecule has 98 valence electrons. The molecule has 0 saturated carbocycles. The quantitative estimate of drug-likeness (QED) is 0.886. The molecule has 1 amide bonds. The molecule has 2 heterocycles. The maximum absolute atomic E-state index is 12.4. The van der Waals surface area contributed by atoms with Crippen LogP contribution in [0.4, 0.5) is 0 Å². The summed E-state index contributed by atoms with van der Waals surface area (Å²) in [5, 5.41) is 3.30. The van der Waals surface area contributed by atoms with E-state index in [4.69, 9.17) is 0 Å². The van der Waals surface area contributed by atoms with Crippen molar-refractivity contribution >= 4 is 17.7 Å². The van der Waals surface area contributed by atoms with Gasteiger partial charge in [-0.05, 0) is 24.6 Å². The molecule has 1 fully saturated rings. The van der Waals surface area contributed by atoms with E-state index in [0.717, 1.165) is 30.2 Å². The Balaban J connectivity index is 1.97. The van der Waals surface area contributed by atoms with Crippen molar-refractivity contribution in [2.45, 2.75) is 19.5 Å². The van der Waals surface area contributed by atoms with Gasteiger partial charge in [0.1, 0.15) is 0 Å². The Morgan fingerprint density at radius 1 is 1.56 bits per heavy atom. The molecular formula is C13H19N3OS. The zero-order valence-electron chi connectivity index (χ0n) is 10.6. The minimum atomic E-state index is -0.0227. The van der Waals surface area contributed by atoms with Crippen molar-refractivity contribution in [3.05, 3.63) is 30.1 Å². The molecule has 18 heavy (non-hydrogen) atoms. The largest absolute Gasteiger partial charge is 0.337 e. The number of thioether (sulfide) groups is 1. The fourth-order valence-corrected chi connectivity index (χ4v) is 2.92. The van der Waals surface area contributed by atoms with Gasteiger partial charge in [0, 0.05) is 43.5 Å². The van der Waals surface area contributed by atoms with Gasteiger partial charge in [0.2, 0.25) is 5.91 Å². The van der Waals surface area contributed by atoms with E-state index in [1.165, 1.54) is 0 Å². The highest BCUT2D eigenvalue weighted by atomic mass is 32.2. The van der Waals surface area contributed by atoms with E-state index in [9.17, 15) is 4.79 Å². The predicted molar refractivity (Wildman–Crippen MR) is 74.4 cm³/mol. The third kappa shape index (κ3) is 3.46. The van der Waals surface area contributed by atoms with Crippen LogP contribution in [0.1, 0.15) is 12.5 Å². The van der Waals surface area contributed by atoms with Gasteiger partial charge < -0.3 is 10.2 Å². The van der Waals surface area contributed by atoms with E-state index in [-0.39, 0.29) is 11.9 Å². The van der Waals surface area contributed by atoms with Crippen LogP contribution in [0.5, 0.6) is 0 Å². The lowest BCUT2D eigenvalue weighted by atomic mass is 10.2. The molecule has 0 aromatic carbocycles. The summed E-state index contributed by atoms with van der Waals surface area (Å²) in [6, 6.07) is 3.89. The molecule has 1 aromatic rings. The van der Waals surface area contributed by atoms with Crippen LogP contribution in [0, 0.1) is 0 Å². The lowest BCUT2D eigenvalue weighted by Crippen LogP contribution is -2.50. The number of aromatic nitrogens is 1. The topological polar surface area (TPSA) is 45.2 Å². The fraction of sp³-hybridized carbons (Fsp3) is 0.538. The molecule has 1 aromatic heterocycles. The van der Waals surface area contributed by atoms with Crippen LogP contribution in [-0.4, -0.2) is 46.4 Å². The Hall–Kier alpha value is -1.07. The summed E-state index contributed by atoms with van der Waals surface area (Å²) in [4.78, 5) is 18.3. The summed E-state index contributed by atoms with van der Waals surface area (Å²) < 4.78 is 0. The van der Waals surface area contributed by atoms with Crippen LogP contribution >= 0.6 is 11.8 Å². The normalized spacial score (nSPS) is 19.5. The minimum absolute atomic E-state index is 0.0227. The fourth-order valence-electron chi connectivity index (χ4n) is 2.00. The first kappa shape index (κ1) is 13.4. The van der Waals surface area contributed by atoms with Crippen molar-refractivity contribution in [3.63, 3.8) is 0 Å². The molecule has 5 heteroatoms. The smallest absolute Gasteiger partial charge is 0.240 e. The Labute approximate surface area is 112 Å². The van der Waals surface area contributed by atoms with Gasteiger partial charge in [-0.25, -0.2) is 0 Å². The van der Waals surface area contributed by atoms with Gasteiger partial charge in [0.25, 0.3) is 0 Å². The molecule has 1 unspecified atom stereocenters. The van der Waals surface area contributed by atoms with E-state index < -0.39 is 0 Å². The van der Waals surface area contributed by atoms with Gasteiger partial charge in [0.15, 0.2) is 0 Å². The zero-order chi connectivity index (χ0) is 12.8. The second kappa shape index (κ2) is 6.75. The van der Waals surface area contributed by atoms with E-state index in [0.29, 0.717) is 6.54 Å². The van der Waals surface area contributed by atoms with Crippen molar-refractivity contribution in [1.29, 1.82) is 0 Å². The van der Waals surface area contributed by atoms with Gasteiger partial charge in [-0.15, -0.1) is 0 Å². The average Bonchev–Trinajstić information content (AvgIpc) is 2.46. The number of likely N-dealkylation sites (N-methyl/N-ethyl adjacent to an activating group) is 1. The van der Waals surface area contributed by atoms with Crippen LogP contribution in [0.25, 0.3) is 0 Å². The molecular weight excluding hydrogens is 246 g/mol. The lowest BCUT2D eigenvalue weighted by molar-refractivity contribution is -0.133. The van der Waals surface area contributed by atoms with Crippen molar-refractivity contribution in [1.82, 2.24) is 15.2 Å². The lowest BCUT2D eigenvalue weighted by Gasteiger charge is -2.29. The van der Waals surface area contributed by atoms with Crippen molar-refractivity contribution < 1.29 is 4.79 Å². The standard InChI is InChI=1S/C13H19N3OS/c1-2-16(9-11-3-5-14-6-4-11)13(17)12-10-18-8-7-15-12/h3-6,12,15H,2,7-10H2,1H3. The number of nitrogens with one attached hydrogen (secondary N) is 1. The van der Waals surface area contributed by atoms with E-state index in [2.05, 4.69) is 10.3 Å². The first-order valence-electron chi connectivity index (χ1n) is 6.30. The Morgan fingerprint density at radius 3 is 2.94 bits per heavy atom. The molecule has 1 aliphatic heterocycles. The molecule has 1 aliphatic rings. The number of carbonyl (C=O) groups excluding carboxylic acids is 1. The number of hydrogen-bond acceptors (Lipinski definition) is 4. The van der Waals surface area contributed by atoms with Crippen LogP contribution in [0.3, 0.4) is 0 Å². The van der Waals surface area contributed by atoms with Gasteiger partial charge in [-0.1, -0.05) is 0 Å². The number of pyridine rings is 1. The van der Waals surface area contributed by atoms with Crippen molar-refractivity contribution in [2.75, 3.05) is 24.6 Å². The monoisotopic (exact) mass is 265 g/mol. The summed E-state index contributed by atoms with van der Waals surface area (Å²) in [6.45, 7) is 4.35. The molecule has 1 saturated heterocycles. The highest BCUT2D eigenvalue weighted by molar-refractivity contribution is 7.99. The third-order valence-corrected chi connectivity index (χ3v) is 4.10. The molecule has 0 spiro atoms. The van der Waals surface area contributed by atoms with E-state index in [1.807, 2.05) is 35.7 Å². The maximum Gasteiger partial charge on any atom is 0.240 e. The Morgan fingerprint density at radius 2 is 2.33 bits per heavy atom. The molecule has 0 radical (unpaired) electrons. The van der Waals surface area contributed by atoms with Crippen molar-refractivity contribution in [3.8, 4) is 0 Å². The number of nitrogens with zero attached hydrogens (tertiary/aromatic N) is 2. The summed E-state index contributed by atoms with van der Waals surface area (Å²) in [6.07, 6.45) is 3.53. The highest BCUT2D eigenvalue weighted by Crippen LogP contribution is 2.12. The summed E-state index contributed by atoms with van der Waals surface area (Å²) in [5.74, 6) is 2.19. The Bertz CT molecular complexity index is 379. The van der Waals surface area contributed by atoms with Gasteiger partial charge in [0.05, 0.1) is 6.04 Å². The van der Waals surface area contributed by atoms with Gasteiger partial charge in [-0.2, -0.15) is 11.8 Å². The summed E-state index contributed by atoms with van der Waals surface area (Å²) >= 11 is 1.85. The molecule has 2 rings (SSSR count). The number of carbonyl (C=O) groups is 1. The number of hydrogen-bond donors (Lipinski definition) is 1.